The quantitative estimate of drug-likeness (QED) is 0.751. The number of nitrogens with one attached hydrogen (secondary N) is 2. The first kappa shape index (κ1) is 15.5. The minimum Gasteiger partial charge on any atom is -0.497 e. The number of hydrogen-bond donors (Lipinski definition) is 2. The van der Waals surface area contributed by atoms with Gasteiger partial charge in [-0.2, -0.15) is 0 Å². The van der Waals surface area contributed by atoms with Gasteiger partial charge in [-0.05, 0) is 18.6 Å². The molecule has 1 amide bonds. The van der Waals surface area contributed by atoms with E-state index in [-0.39, 0.29) is 18.5 Å². The standard InChI is InChI=1S/C14H22N2O3/c1-4-11(10-18-2)15-9-14(17)16-12-6-5-7-13(8-12)19-3/h5-8,11,15H,4,9-10H2,1-3H3,(H,16,17). The molecule has 0 aromatic heterocycles. The number of carbonyl (C=O) groups is 1. The number of carbonyl (C=O) groups excluding carboxylic acids is 1. The molecule has 0 aliphatic heterocycles. The lowest BCUT2D eigenvalue weighted by atomic mass is 10.2. The Bertz CT molecular complexity index is 396. The third-order valence-electron chi connectivity index (χ3n) is 2.77. The van der Waals surface area contributed by atoms with Crippen LogP contribution in [0.4, 0.5) is 5.69 Å². The van der Waals surface area contributed by atoms with Gasteiger partial charge in [0.15, 0.2) is 0 Å². The van der Waals surface area contributed by atoms with Gasteiger partial charge in [-0.15, -0.1) is 0 Å². The third-order valence-corrected chi connectivity index (χ3v) is 2.77. The van der Waals surface area contributed by atoms with Gasteiger partial charge in [-0.25, -0.2) is 0 Å². The summed E-state index contributed by atoms with van der Waals surface area (Å²) in [4.78, 5) is 11.8. The molecule has 2 N–H and O–H groups in total. The van der Waals surface area contributed by atoms with Crippen LogP contribution in [0.25, 0.3) is 0 Å². The molecule has 0 fully saturated rings. The van der Waals surface area contributed by atoms with E-state index < -0.39 is 0 Å². The Balaban J connectivity index is 2.41. The molecule has 0 radical (unpaired) electrons. The molecule has 5 heteroatoms. The highest BCUT2D eigenvalue weighted by molar-refractivity contribution is 5.92. The predicted octanol–water partition coefficient (Wildman–Crippen LogP) is 1.65. The summed E-state index contributed by atoms with van der Waals surface area (Å²) in [7, 11) is 3.25. The molecule has 1 atom stereocenters. The minimum absolute atomic E-state index is 0.0807. The van der Waals surface area contributed by atoms with E-state index in [1.807, 2.05) is 18.2 Å². The van der Waals surface area contributed by atoms with Crippen molar-refractivity contribution in [3.8, 4) is 5.75 Å². The molecule has 1 aromatic rings. The molecule has 19 heavy (non-hydrogen) atoms. The predicted molar refractivity (Wildman–Crippen MR) is 75.6 cm³/mol. The molecule has 0 spiro atoms. The minimum atomic E-state index is -0.0807. The first-order chi connectivity index (χ1) is 9.19. The number of ether oxygens (including phenoxy) is 2. The van der Waals surface area contributed by atoms with Crippen molar-refractivity contribution in [2.75, 3.05) is 32.7 Å². The fraction of sp³-hybridized carbons (Fsp3) is 0.500. The smallest absolute Gasteiger partial charge is 0.238 e. The Morgan fingerprint density at radius 3 is 2.79 bits per heavy atom. The third kappa shape index (κ3) is 5.72. The van der Waals surface area contributed by atoms with Crippen LogP contribution in [0.2, 0.25) is 0 Å². The van der Waals surface area contributed by atoms with Crippen molar-refractivity contribution in [2.45, 2.75) is 19.4 Å². The fourth-order valence-electron chi connectivity index (χ4n) is 1.67. The number of benzene rings is 1. The van der Waals surface area contributed by atoms with Crippen LogP contribution in [0.15, 0.2) is 24.3 Å². The number of anilines is 1. The van der Waals surface area contributed by atoms with E-state index in [9.17, 15) is 4.79 Å². The van der Waals surface area contributed by atoms with Crippen LogP contribution in [0.3, 0.4) is 0 Å². The highest BCUT2D eigenvalue weighted by Gasteiger charge is 2.08. The second-order valence-corrected chi connectivity index (χ2v) is 4.22. The highest BCUT2D eigenvalue weighted by Crippen LogP contribution is 2.16. The average Bonchev–Trinajstić information content (AvgIpc) is 2.43. The van der Waals surface area contributed by atoms with E-state index in [1.54, 1.807) is 20.3 Å². The van der Waals surface area contributed by atoms with Crippen LogP contribution >= 0.6 is 0 Å². The fourth-order valence-corrected chi connectivity index (χ4v) is 1.67. The largest absolute Gasteiger partial charge is 0.497 e. The number of amides is 1. The Morgan fingerprint density at radius 2 is 2.16 bits per heavy atom. The molecule has 0 saturated heterocycles. The van der Waals surface area contributed by atoms with Crippen LogP contribution in [0, 0.1) is 0 Å². The van der Waals surface area contributed by atoms with Crippen LogP contribution in [-0.4, -0.2) is 39.3 Å². The lowest BCUT2D eigenvalue weighted by Crippen LogP contribution is -2.38. The zero-order chi connectivity index (χ0) is 14.1. The normalized spacial score (nSPS) is 11.9. The molecule has 0 aliphatic carbocycles. The maximum absolute atomic E-state index is 11.8. The average molecular weight is 266 g/mol. The SMILES string of the molecule is CCC(COC)NCC(=O)Nc1cccc(OC)c1. The van der Waals surface area contributed by atoms with Gasteiger partial charge in [-0.1, -0.05) is 13.0 Å². The number of hydrogen-bond acceptors (Lipinski definition) is 4. The topological polar surface area (TPSA) is 59.6 Å². The summed E-state index contributed by atoms with van der Waals surface area (Å²) in [5.41, 5.74) is 0.728. The van der Waals surface area contributed by atoms with Crippen molar-refractivity contribution >= 4 is 11.6 Å². The zero-order valence-corrected chi connectivity index (χ0v) is 11.7. The molecule has 0 bridgehead atoms. The Labute approximate surface area is 114 Å². The Hall–Kier alpha value is -1.59. The van der Waals surface area contributed by atoms with Crippen molar-refractivity contribution in [1.82, 2.24) is 5.32 Å². The molecule has 0 saturated carbocycles. The van der Waals surface area contributed by atoms with Gasteiger partial charge in [0.1, 0.15) is 5.75 Å². The summed E-state index contributed by atoms with van der Waals surface area (Å²) in [6, 6.07) is 7.47. The summed E-state index contributed by atoms with van der Waals surface area (Å²) in [5.74, 6) is 0.638. The van der Waals surface area contributed by atoms with Gasteiger partial charge in [0.2, 0.25) is 5.91 Å². The number of rotatable bonds is 8. The first-order valence-corrected chi connectivity index (χ1v) is 6.35. The molecule has 1 aromatic carbocycles. The van der Waals surface area contributed by atoms with Gasteiger partial charge in [0.25, 0.3) is 0 Å². The summed E-state index contributed by atoms with van der Waals surface area (Å²) in [6.45, 7) is 2.92. The molecule has 1 rings (SSSR count). The molecule has 5 nitrogen and oxygen atoms in total. The summed E-state index contributed by atoms with van der Waals surface area (Å²) in [5, 5.41) is 5.97. The van der Waals surface area contributed by atoms with E-state index in [2.05, 4.69) is 17.6 Å². The van der Waals surface area contributed by atoms with Crippen molar-refractivity contribution in [2.24, 2.45) is 0 Å². The second-order valence-electron chi connectivity index (χ2n) is 4.22. The molecular weight excluding hydrogens is 244 g/mol. The first-order valence-electron chi connectivity index (χ1n) is 6.35. The monoisotopic (exact) mass is 266 g/mol. The van der Waals surface area contributed by atoms with E-state index in [4.69, 9.17) is 9.47 Å². The lowest BCUT2D eigenvalue weighted by Gasteiger charge is -2.15. The molecule has 106 valence electrons. The van der Waals surface area contributed by atoms with Crippen LogP contribution in [0.1, 0.15) is 13.3 Å². The van der Waals surface area contributed by atoms with Gasteiger partial charge in [0.05, 0.1) is 20.3 Å². The second kappa shape index (κ2) is 8.50. The summed E-state index contributed by atoms with van der Waals surface area (Å²) < 4.78 is 10.2. The molecular formula is C14H22N2O3. The van der Waals surface area contributed by atoms with E-state index in [0.717, 1.165) is 17.9 Å². The lowest BCUT2D eigenvalue weighted by molar-refractivity contribution is -0.115. The van der Waals surface area contributed by atoms with Crippen molar-refractivity contribution in [3.63, 3.8) is 0 Å². The van der Waals surface area contributed by atoms with Crippen LogP contribution in [-0.2, 0) is 9.53 Å². The summed E-state index contributed by atoms with van der Waals surface area (Å²) >= 11 is 0. The molecule has 0 aliphatic rings. The maximum Gasteiger partial charge on any atom is 0.238 e. The molecule has 0 heterocycles. The number of methoxy groups -OCH3 is 2. The van der Waals surface area contributed by atoms with E-state index in [1.165, 1.54) is 0 Å². The van der Waals surface area contributed by atoms with Crippen molar-refractivity contribution < 1.29 is 14.3 Å². The summed E-state index contributed by atoms with van der Waals surface area (Å²) in [6.07, 6.45) is 0.917. The zero-order valence-electron chi connectivity index (χ0n) is 11.7. The van der Waals surface area contributed by atoms with Gasteiger partial charge >= 0.3 is 0 Å². The Morgan fingerprint density at radius 1 is 1.37 bits per heavy atom. The molecule has 1 unspecified atom stereocenters. The highest BCUT2D eigenvalue weighted by atomic mass is 16.5. The van der Waals surface area contributed by atoms with Gasteiger partial charge < -0.3 is 20.1 Å². The van der Waals surface area contributed by atoms with E-state index in [0.29, 0.717) is 6.61 Å². The van der Waals surface area contributed by atoms with Crippen molar-refractivity contribution in [3.05, 3.63) is 24.3 Å². The van der Waals surface area contributed by atoms with Crippen molar-refractivity contribution in [1.29, 1.82) is 0 Å². The maximum atomic E-state index is 11.8. The Kier molecular flexibility index (Phi) is 6.92. The van der Waals surface area contributed by atoms with E-state index >= 15 is 0 Å². The van der Waals surface area contributed by atoms with Crippen LogP contribution < -0.4 is 15.4 Å². The van der Waals surface area contributed by atoms with Crippen LogP contribution in [0.5, 0.6) is 5.75 Å². The van der Waals surface area contributed by atoms with Gasteiger partial charge in [-0.3, -0.25) is 4.79 Å². The van der Waals surface area contributed by atoms with Gasteiger partial charge in [0, 0.05) is 24.9 Å².